The number of pyridine rings is 1. The van der Waals surface area contributed by atoms with Gasteiger partial charge in [-0.2, -0.15) is 0 Å². The Labute approximate surface area is 167 Å². The first kappa shape index (κ1) is 20.1. The Bertz CT molecular complexity index is 847. The number of hydrogen-bond donors (Lipinski definition) is 1. The van der Waals surface area contributed by atoms with Gasteiger partial charge >= 0.3 is 0 Å². The Hall–Kier alpha value is -2.69. The monoisotopic (exact) mass is 379 g/mol. The summed E-state index contributed by atoms with van der Waals surface area (Å²) in [4.78, 5) is 32.0. The molecule has 1 saturated heterocycles. The van der Waals surface area contributed by atoms with Crippen LogP contribution in [0.3, 0.4) is 0 Å². The summed E-state index contributed by atoms with van der Waals surface area (Å²) in [7, 11) is 0. The van der Waals surface area contributed by atoms with Gasteiger partial charge in [0.15, 0.2) is 0 Å². The Morgan fingerprint density at radius 2 is 1.86 bits per heavy atom. The molecule has 1 N–H and O–H groups in total. The second-order valence-corrected chi connectivity index (χ2v) is 7.66. The first-order valence-electron chi connectivity index (χ1n) is 10.2. The number of carbonyl (C=O) groups is 2. The molecule has 2 heterocycles. The zero-order chi connectivity index (χ0) is 20.1. The van der Waals surface area contributed by atoms with Gasteiger partial charge in [0.25, 0.3) is 11.8 Å². The van der Waals surface area contributed by atoms with Crippen LogP contribution in [-0.2, 0) is 0 Å². The molecule has 0 radical (unpaired) electrons. The van der Waals surface area contributed by atoms with Crippen LogP contribution in [0.25, 0.3) is 0 Å². The molecule has 0 aliphatic carbocycles. The Kier molecular flexibility index (Phi) is 6.45. The van der Waals surface area contributed by atoms with Crippen LogP contribution in [0.15, 0.2) is 42.5 Å². The van der Waals surface area contributed by atoms with Crippen LogP contribution in [0, 0.1) is 0 Å². The highest BCUT2D eigenvalue weighted by atomic mass is 16.2. The first-order valence-corrected chi connectivity index (χ1v) is 10.2. The topological polar surface area (TPSA) is 62.3 Å². The molecular weight excluding hydrogens is 350 g/mol. The quantitative estimate of drug-likeness (QED) is 0.807. The molecule has 1 atom stereocenters. The summed E-state index contributed by atoms with van der Waals surface area (Å²) in [5.74, 6) is -0.0836. The van der Waals surface area contributed by atoms with Crippen molar-refractivity contribution in [2.45, 2.75) is 58.4 Å². The van der Waals surface area contributed by atoms with Gasteiger partial charge in [0.2, 0.25) is 0 Å². The van der Waals surface area contributed by atoms with E-state index in [1.165, 1.54) is 0 Å². The van der Waals surface area contributed by atoms with Crippen LogP contribution in [0.2, 0.25) is 0 Å². The van der Waals surface area contributed by atoms with Crippen LogP contribution in [0.1, 0.15) is 78.9 Å². The zero-order valence-electron chi connectivity index (χ0n) is 16.9. The zero-order valence-corrected chi connectivity index (χ0v) is 16.9. The van der Waals surface area contributed by atoms with Crippen LogP contribution >= 0.6 is 0 Å². The van der Waals surface area contributed by atoms with Crippen LogP contribution < -0.4 is 5.32 Å². The number of anilines is 1. The van der Waals surface area contributed by atoms with E-state index in [9.17, 15) is 9.59 Å². The van der Waals surface area contributed by atoms with Gasteiger partial charge in [-0.25, -0.2) is 4.98 Å². The minimum atomic E-state index is -0.298. The molecule has 3 rings (SSSR count). The highest BCUT2D eigenvalue weighted by Crippen LogP contribution is 2.24. The van der Waals surface area contributed by atoms with Gasteiger partial charge < -0.3 is 10.2 Å². The van der Waals surface area contributed by atoms with Gasteiger partial charge in [-0.15, -0.1) is 0 Å². The summed E-state index contributed by atoms with van der Waals surface area (Å²) < 4.78 is 0. The van der Waals surface area contributed by atoms with Crippen molar-refractivity contribution >= 4 is 17.5 Å². The van der Waals surface area contributed by atoms with Gasteiger partial charge in [-0.05, 0) is 55.4 Å². The molecule has 148 valence electrons. The predicted molar refractivity (Wildman–Crippen MR) is 112 cm³/mol. The van der Waals surface area contributed by atoms with Crippen molar-refractivity contribution in [2.75, 3.05) is 11.9 Å². The summed E-state index contributed by atoms with van der Waals surface area (Å²) in [6, 6.07) is 13.1. The maximum Gasteiger partial charge on any atom is 0.274 e. The van der Waals surface area contributed by atoms with Crippen LogP contribution in [0.4, 0.5) is 5.69 Å². The molecule has 1 aromatic carbocycles. The molecule has 1 unspecified atom stereocenters. The first-order chi connectivity index (χ1) is 13.5. The van der Waals surface area contributed by atoms with Gasteiger partial charge in [-0.1, -0.05) is 45.0 Å². The molecule has 1 fully saturated rings. The largest absolute Gasteiger partial charge is 0.334 e. The average molecular weight is 380 g/mol. The Morgan fingerprint density at radius 1 is 1.11 bits per heavy atom. The fourth-order valence-electron chi connectivity index (χ4n) is 3.82. The van der Waals surface area contributed by atoms with Crippen molar-refractivity contribution in [2.24, 2.45) is 0 Å². The molecule has 5 nitrogen and oxygen atoms in total. The molecule has 0 bridgehead atoms. The van der Waals surface area contributed by atoms with E-state index in [1.54, 1.807) is 18.2 Å². The second kappa shape index (κ2) is 9.00. The molecule has 0 spiro atoms. The number of nitrogens with zero attached hydrogens (tertiary/aromatic N) is 2. The lowest BCUT2D eigenvalue weighted by Crippen LogP contribution is -2.43. The highest BCUT2D eigenvalue weighted by Gasteiger charge is 2.27. The number of carbonyl (C=O) groups excluding carboxylic acids is 2. The van der Waals surface area contributed by atoms with Gasteiger partial charge in [0.1, 0.15) is 11.4 Å². The normalized spacial score (nSPS) is 16.9. The van der Waals surface area contributed by atoms with E-state index in [4.69, 9.17) is 0 Å². The number of aromatic nitrogens is 1. The van der Waals surface area contributed by atoms with Gasteiger partial charge in [-0.3, -0.25) is 9.59 Å². The van der Waals surface area contributed by atoms with Crippen molar-refractivity contribution < 1.29 is 9.59 Å². The Balaban J connectivity index is 1.79. The lowest BCUT2D eigenvalue weighted by Gasteiger charge is -2.35. The van der Waals surface area contributed by atoms with E-state index in [0.29, 0.717) is 11.6 Å². The molecule has 0 saturated carbocycles. The third-order valence-corrected chi connectivity index (χ3v) is 5.39. The number of benzene rings is 1. The van der Waals surface area contributed by atoms with E-state index >= 15 is 0 Å². The van der Waals surface area contributed by atoms with E-state index in [-0.39, 0.29) is 23.6 Å². The van der Waals surface area contributed by atoms with E-state index in [2.05, 4.69) is 31.1 Å². The maximum atomic E-state index is 13.0. The minimum Gasteiger partial charge on any atom is -0.334 e. The third-order valence-electron chi connectivity index (χ3n) is 5.39. The summed E-state index contributed by atoms with van der Waals surface area (Å²) in [5, 5.41) is 2.95. The standard InChI is InChI=1S/C23H29N3O2/c1-4-17-10-7-8-15-26(17)23(28)21-14-9-13-20(24-21)22(27)25-19-12-6-5-11-18(19)16(2)3/h5-6,9,11-14,16-17H,4,7-8,10,15H2,1-3H3,(H,25,27). The van der Waals surface area contributed by atoms with Crippen molar-refractivity contribution in [1.29, 1.82) is 0 Å². The molecule has 5 heteroatoms. The maximum absolute atomic E-state index is 13.0. The second-order valence-electron chi connectivity index (χ2n) is 7.66. The van der Waals surface area contributed by atoms with Crippen LogP contribution in [0.5, 0.6) is 0 Å². The van der Waals surface area contributed by atoms with E-state index in [0.717, 1.165) is 43.5 Å². The molecule has 1 aromatic heterocycles. The number of para-hydroxylation sites is 1. The molecule has 1 aliphatic heterocycles. The SMILES string of the molecule is CCC1CCCCN1C(=O)c1cccc(C(=O)Nc2ccccc2C(C)C)n1. The van der Waals surface area contributed by atoms with Crippen molar-refractivity contribution in [3.05, 3.63) is 59.4 Å². The molecule has 1 aliphatic rings. The Morgan fingerprint density at radius 3 is 2.61 bits per heavy atom. The third kappa shape index (κ3) is 4.41. The van der Waals surface area contributed by atoms with Crippen LogP contribution in [-0.4, -0.2) is 34.3 Å². The lowest BCUT2D eigenvalue weighted by atomic mass is 9.99. The fraction of sp³-hybridized carbons (Fsp3) is 0.435. The fourth-order valence-corrected chi connectivity index (χ4v) is 3.82. The minimum absolute atomic E-state index is 0.0798. The molecule has 2 amide bonds. The summed E-state index contributed by atoms with van der Waals surface area (Å²) in [6.07, 6.45) is 4.16. The number of piperidine rings is 1. The molecule has 28 heavy (non-hydrogen) atoms. The summed E-state index contributed by atoms with van der Waals surface area (Å²) >= 11 is 0. The van der Waals surface area contributed by atoms with Gasteiger partial charge in [0.05, 0.1) is 0 Å². The number of rotatable bonds is 5. The smallest absolute Gasteiger partial charge is 0.274 e. The highest BCUT2D eigenvalue weighted by molar-refractivity contribution is 6.04. The number of hydrogen-bond acceptors (Lipinski definition) is 3. The van der Waals surface area contributed by atoms with E-state index < -0.39 is 0 Å². The summed E-state index contributed by atoms with van der Waals surface area (Å²) in [5.41, 5.74) is 2.45. The molecular formula is C23H29N3O2. The van der Waals surface area contributed by atoms with E-state index in [1.807, 2.05) is 29.2 Å². The number of amides is 2. The van der Waals surface area contributed by atoms with Crippen molar-refractivity contribution in [3.63, 3.8) is 0 Å². The predicted octanol–water partition coefficient (Wildman–Crippen LogP) is 4.86. The van der Waals surface area contributed by atoms with Gasteiger partial charge in [0, 0.05) is 18.3 Å². The molecule has 2 aromatic rings. The van der Waals surface area contributed by atoms with Crippen molar-refractivity contribution in [1.82, 2.24) is 9.88 Å². The number of likely N-dealkylation sites (tertiary alicyclic amines) is 1. The van der Waals surface area contributed by atoms with Crippen molar-refractivity contribution in [3.8, 4) is 0 Å². The summed E-state index contributed by atoms with van der Waals surface area (Å²) in [6.45, 7) is 7.05. The average Bonchev–Trinajstić information content (AvgIpc) is 2.73. The lowest BCUT2D eigenvalue weighted by molar-refractivity contribution is 0.0602. The number of nitrogens with one attached hydrogen (secondary N) is 1.